The van der Waals surface area contributed by atoms with Gasteiger partial charge >= 0.3 is 0 Å². The Bertz CT molecular complexity index is 931. The number of ether oxygens (including phenoxy) is 1. The van der Waals surface area contributed by atoms with Crippen LogP contribution in [-0.2, 0) is 22.5 Å². The first-order valence-electron chi connectivity index (χ1n) is 10.0. The fourth-order valence-electron chi connectivity index (χ4n) is 4.65. The summed E-state index contributed by atoms with van der Waals surface area (Å²) in [6, 6.07) is 8.14. The second-order valence-electron chi connectivity index (χ2n) is 8.28. The minimum atomic E-state index is -0.178. The maximum atomic E-state index is 12.8. The first-order valence-corrected chi connectivity index (χ1v) is 10.0. The lowest BCUT2D eigenvalue weighted by molar-refractivity contribution is -0.123. The van der Waals surface area contributed by atoms with E-state index in [0.29, 0.717) is 12.3 Å². The molecule has 1 aromatic heterocycles. The quantitative estimate of drug-likeness (QED) is 0.904. The average Bonchev–Trinajstić information content (AvgIpc) is 2.63. The number of hydrogen-bond acceptors (Lipinski definition) is 3. The van der Waals surface area contributed by atoms with Gasteiger partial charge in [0.2, 0.25) is 5.91 Å². The second-order valence-corrected chi connectivity index (χ2v) is 8.28. The molecule has 3 heterocycles. The van der Waals surface area contributed by atoms with Crippen LogP contribution in [0.25, 0.3) is 10.9 Å². The van der Waals surface area contributed by atoms with E-state index in [4.69, 9.17) is 4.74 Å². The molecule has 0 bridgehead atoms. The summed E-state index contributed by atoms with van der Waals surface area (Å²) in [5.41, 5.74) is 3.33. The zero-order valence-corrected chi connectivity index (χ0v) is 16.3. The Kier molecular flexibility index (Phi) is 4.81. The number of nitrogens with one attached hydrogen (secondary N) is 1. The number of rotatable bonds is 3. The van der Waals surface area contributed by atoms with Crippen molar-refractivity contribution in [3.63, 3.8) is 0 Å². The van der Waals surface area contributed by atoms with E-state index in [9.17, 15) is 9.59 Å². The van der Waals surface area contributed by atoms with E-state index in [1.165, 1.54) is 5.56 Å². The predicted molar refractivity (Wildman–Crippen MR) is 106 cm³/mol. The summed E-state index contributed by atoms with van der Waals surface area (Å²) in [6.07, 6.45) is 3.41. The minimum Gasteiger partial charge on any atom is -0.370 e. The number of aromatic nitrogens is 1. The van der Waals surface area contributed by atoms with Gasteiger partial charge in [-0.15, -0.1) is 0 Å². The van der Waals surface area contributed by atoms with Crippen LogP contribution in [0.1, 0.15) is 57.3 Å². The smallest absolute Gasteiger partial charge is 0.251 e. The van der Waals surface area contributed by atoms with Gasteiger partial charge in [0.1, 0.15) is 0 Å². The Balaban J connectivity index is 1.80. The van der Waals surface area contributed by atoms with Crippen LogP contribution in [0.3, 0.4) is 0 Å². The Morgan fingerprint density at radius 2 is 2.11 bits per heavy atom. The molecule has 1 fully saturated rings. The molecule has 2 aliphatic heterocycles. The van der Waals surface area contributed by atoms with Gasteiger partial charge in [0.05, 0.1) is 17.7 Å². The highest BCUT2D eigenvalue weighted by molar-refractivity contribution is 5.86. The SMILES string of the molecule is CC(=O)N[C@H]1C[C@@H](C(C)C)O[C@@H](c2cc(=O)n3c4c(cccc24)CCC3)C1. The van der Waals surface area contributed by atoms with Crippen LogP contribution in [0.5, 0.6) is 0 Å². The van der Waals surface area contributed by atoms with Crippen molar-refractivity contribution < 1.29 is 9.53 Å². The van der Waals surface area contributed by atoms with E-state index in [1.54, 1.807) is 13.0 Å². The molecule has 5 heteroatoms. The molecule has 2 aliphatic rings. The van der Waals surface area contributed by atoms with Crippen molar-refractivity contribution in [2.45, 2.75) is 71.2 Å². The fourth-order valence-corrected chi connectivity index (χ4v) is 4.65. The molecular formula is C22H28N2O3. The molecule has 4 rings (SSSR count). The Morgan fingerprint density at radius 1 is 1.30 bits per heavy atom. The van der Waals surface area contributed by atoms with E-state index in [2.05, 4.69) is 37.4 Å². The molecule has 144 valence electrons. The summed E-state index contributed by atoms with van der Waals surface area (Å²) in [6.45, 7) is 6.62. The molecule has 1 aromatic carbocycles. The number of benzene rings is 1. The van der Waals surface area contributed by atoms with Gasteiger partial charge in [0, 0.05) is 31.0 Å². The zero-order chi connectivity index (χ0) is 19.1. The van der Waals surface area contributed by atoms with Gasteiger partial charge in [-0.25, -0.2) is 0 Å². The van der Waals surface area contributed by atoms with Gasteiger partial charge in [0.15, 0.2) is 0 Å². The predicted octanol–water partition coefficient (Wildman–Crippen LogP) is 3.33. The lowest BCUT2D eigenvalue weighted by Gasteiger charge is -2.38. The topological polar surface area (TPSA) is 60.3 Å². The van der Waals surface area contributed by atoms with Gasteiger partial charge < -0.3 is 14.6 Å². The Morgan fingerprint density at radius 3 is 2.85 bits per heavy atom. The number of pyridine rings is 1. The van der Waals surface area contributed by atoms with Crippen molar-refractivity contribution in [2.75, 3.05) is 0 Å². The molecule has 27 heavy (non-hydrogen) atoms. The van der Waals surface area contributed by atoms with Crippen molar-refractivity contribution in [2.24, 2.45) is 5.92 Å². The molecule has 0 aliphatic carbocycles. The van der Waals surface area contributed by atoms with Crippen LogP contribution in [0.4, 0.5) is 0 Å². The molecule has 0 spiro atoms. The highest BCUT2D eigenvalue weighted by atomic mass is 16.5. The Hall–Kier alpha value is -2.14. The number of hydrogen-bond donors (Lipinski definition) is 1. The lowest BCUT2D eigenvalue weighted by atomic mass is 9.88. The average molecular weight is 368 g/mol. The van der Waals surface area contributed by atoms with Crippen LogP contribution in [0, 0.1) is 5.92 Å². The van der Waals surface area contributed by atoms with Crippen molar-refractivity contribution >= 4 is 16.8 Å². The molecule has 1 saturated heterocycles. The summed E-state index contributed by atoms with van der Waals surface area (Å²) < 4.78 is 8.35. The zero-order valence-electron chi connectivity index (χ0n) is 16.3. The third-order valence-corrected chi connectivity index (χ3v) is 5.93. The largest absolute Gasteiger partial charge is 0.370 e. The molecule has 1 amide bonds. The summed E-state index contributed by atoms with van der Waals surface area (Å²) in [5.74, 6) is 0.338. The maximum absolute atomic E-state index is 12.8. The minimum absolute atomic E-state index is 0.0138. The normalized spacial score (nSPS) is 25.0. The van der Waals surface area contributed by atoms with Crippen LogP contribution < -0.4 is 10.9 Å². The molecular weight excluding hydrogens is 340 g/mol. The van der Waals surface area contributed by atoms with E-state index < -0.39 is 0 Å². The number of carbonyl (C=O) groups is 1. The number of amides is 1. The monoisotopic (exact) mass is 368 g/mol. The van der Waals surface area contributed by atoms with Gasteiger partial charge in [-0.3, -0.25) is 9.59 Å². The fraction of sp³-hybridized carbons (Fsp3) is 0.545. The number of aryl methyl sites for hydroxylation is 2. The van der Waals surface area contributed by atoms with Gasteiger partial charge in [-0.2, -0.15) is 0 Å². The van der Waals surface area contributed by atoms with Crippen molar-refractivity contribution in [3.05, 3.63) is 45.7 Å². The van der Waals surface area contributed by atoms with E-state index >= 15 is 0 Å². The number of carbonyl (C=O) groups excluding carboxylic acids is 1. The van der Waals surface area contributed by atoms with Crippen molar-refractivity contribution in [3.8, 4) is 0 Å². The van der Waals surface area contributed by atoms with Crippen LogP contribution in [-0.4, -0.2) is 22.6 Å². The van der Waals surface area contributed by atoms with Crippen LogP contribution in [0.2, 0.25) is 0 Å². The van der Waals surface area contributed by atoms with Gasteiger partial charge in [-0.05, 0) is 42.7 Å². The number of nitrogens with zero attached hydrogens (tertiary/aromatic N) is 1. The standard InChI is InChI=1S/C22H28N2O3/c1-13(2)19-10-16(23-14(3)25)11-20(27-19)18-12-21(26)24-9-5-7-15-6-4-8-17(18)22(15)24/h4,6,8,12-13,16,19-20H,5,7,9-11H2,1-3H3,(H,23,25)/t16-,19-,20+/m0/s1. The van der Waals surface area contributed by atoms with Crippen molar-refractivity contribution in [1.82, 2.24) is 9.88 Å². The summed E-state index contributed by atoms with van der Waals surface area (Å²) in [5, 5.41) is 4.19. The maximum Gasteiger partial charge on any atom is 0.251 e. The van der Waals surface area contributed by atoms with Crippen LogP contribution >= 0.6 is 0 Å². The Labute approximate surface area is 159 Å². The third-order valence-electron chi connectivity index (χ3n) is 5.93. The molecule has 5 nitrogen and oxygen atoms in total. The molecule has 0 unspecified atom stereocenters. The van der Waals surface area contributed by atoms with Gasteiger partial charge in [-0.1, -0.05) is 32.0 Å². The van der Waals surface area contributed by atoms with E-state index in [0.717, 1.165) is 42.3 Å². The molecule has 2 aromatic rings. The van der Waals surface area contributed by atoms with Crippen molar-refractivity contribution in [1.29, 1.82) is 0 Å². The second kappa shape index (κ2) is 7.12. The molecule has 0 radical (unpaired) electrons. The van der Waals surface area contributed by atoms with Gasteiger partial charge in [0.25, 0.3) is 5.56 Å². The molecule has 3 atom stereocenters. The van der Waals surface area contributed by atoms with E-state index in [1.807, 2.05) is 4.57 Å². The molecule has 1 N–H and O–H groups in total. The third kappa shape index (κ3) is 3.41. The lowest BCUT2D eigenvalue weighted by Crippen LogP contribution is -2.44. The molecule has 0 saturated carbocycles. The van der Waals surface area contributed by atoms with E-state index in [-0.39, 0.29) is 29.7 Å². The first kappa shape index (κ1) is 18.2. The highest BCUT2D eigenvalue weighted by Gasteiger charge is 2.34. The summed E-state index contributed by atoms with van der Waals surface area (Å²) >= 11 is 0. The number of para-hydroxylation sites is 1. The first-order chi connectivity index (χ1) is 12.9. The van der Waals surface area contributed by atoms with Crippen LogP contribution in [0.15, 0.2) is 29.1 Å². The highest BCUT2D eigenvalue weighted by Crippen LogP contribution is 2.38. The summed E-state index contributed by atoms with van der Waals surface area (Å²) in [4.78, 5) is 24.5. The summed E-state index contributed by atoms with van der Waals surface area (Å²) in [7, 11) is 0.